The average Bonchev–Trinajstić information content (AvgIpc) is 2.72. The quantitative estimate of drug-likeness (QED) is 0.766. The standard InChI is InChI=1S/C22H34N2O3/c1-4-23(2)19-16-20(18-8-6-5-7-9-18)27-22(17-19)11-13-24(14-12-22)21(25)10-15-26-3/h5-9,19-20H,4,10-17H2,1-3H3/t19-,20-/m0/s1. The maximum absolute atomic E-state index is 12.3. The number of amides is 1. The number of rotatable bonds is 6. The molecule has 5 nitrogen and oxygen atoms in total. The van der Waals surface area contributed by atoms with Gasteiger partial charge in [-0.3, -0.25) is 4.79 Å². The van der Waals surface area contributed by atoms with Gasteiger partial charge in [-0.05, 0) is 44.8 Å². The lowest BCUT2D eigenvalue weighted by atomic mass is 9.79. The van der Waals surface area contributed by atoms with Crippen LogP contribution in [0.4, 0.5) is 0 Å². The summed E-state index contributed by atoms with van der Waals surface area (Å²) in [5.74, 6) is 0.198. The van der Waals surface area contributed by atoms with Gasteiger partial charge < -0.3 is 19.3 Å². The van der Waals surface area contributed by atoms with Crippen molar-refractivity contribution in [2.75, 3.05) is 40.4 Å². The van der Waals surface area contributed by atoms with Crippen molar-refractivity contribution in [3.8, 4) is 0 Å². The van der Waals surface area contributed by atoms with Gasteiger partial charge in [0.05, 0.1) is 24.7 Å². The lowest BCUT2D eigenvalue weighted by Crippen LogP contribution is -2.54. The molecular weight excluding hydrogens is 340 g/mol. The molecule has 0 bridgehead atoms. The summed E-state index contributed by atoms with van der Waals surface area (Å²) in [7, 11) is 3.86. The van der Waals surface area contributed by atoms with Crippen LogP contribution in [-0.4, -0.2) is 67.7 Å². The molecular formula is C22H34N2O3. The third-order valence-electron chi connectivity index (χ3n) is 6.33. The van der Waals surface area contributed by atoms with Crippen LogP contribution in [0.5, 0.6) is 0 Å². The first-order valence-corrected chi connectivity index (χ1v) is 10.3. The fourth-order valence-corrected chi connectivity index (χ4v) is 4.46. The van der Waals surface area contributed by atoms with E-state index in [1.54, 1.807) is 7.11 Å². The van der Waals surface area contributed by atoms with Crippen LogP contribution >= 0.6 is 0 Å². The smallest absolute Gasteiger partial charge is 0.224 e. The van der Waals surface area contributed by atoms with E-state index in [1.807, 2.05) is 4.90 Å². The largest absolute Gasteiger partial charge is 0.384 e. The van der Waals surface area contributed by atoms with Gasteiger partial charge in [0.25, 0.3) is 0 Å². The minimum Gasteiger partial charge on any atom is -0.384 e. The Morgan fingerprint density at radius 2 is 2.00 bits per heavy atom. The van der Waals surface area contributed by atoms with Gasteiger partial charge in [-0.15, -0.1) is 0 Å². The van der Waals surface area contributed by atoms with E-state index in [2.05, 4.69) is 49.2 Å². The molecule has 150 valence electrons. The number of piperidine rings is 1. The molecule has 3 rings (SSSR count). The Kier molecular flexibility index (Phi) is 6.90. The molecule has 2 atom stereocenters. The Morgan fingerprint density at radius 1 is 1.30 bits per heavy atom. The predicted octanol–water partition coefficient (Wildman–Crippen LogP) is 3.26. The monoisotopic (exact) mass is 374 g/mol. The third-order valence-corrected chi connectivity index (χ3v) is 6.33. The summed E-state index contributed by atoms with van der Waals surface area (Å²) >= 11 is 0. The van der Waals surface area contributed by atoms with Crippen molar-refractivity contribution in [3.63, 3.8) is 0 Å². The van der Waals surface area contributed by atoms with Crippen molar-refractivity contribution in [3.05, 3.63) is 35.9 Å². The zero-order chi connectivity index (χ0) is 19.3. The Hall–Kier alpha value is -1.43. The summed E-state index contributed by atoms with van der Waals surface area (Å²) in [6, 6.07) is 11.1. The zero-order valence-corrected chi connectivity index (χ0v) is 17.0. The Morgan fingerprint density at radius 3 is 2.63 bits per heavy atom. The first-order chi connectivity index (χ1) is 13.1. The molecule has 1 amide bonds. The molecule has 2 aliphatic heterocycles. The van der Waals surface area contributed by atoms with E-state index >= 15 is 0 Å². The molecule has 1 spiro atoms. The molecule has 0 aromatic heterocycles. The van der Waals surface area contributed by atoms with Crippen LogP contribution in [-0.2, 0) is 14.3 Å². The number of likely N-dealkylation sites (tertiary alicyclic amines) is 1. The van der Waals surface area contributed by atoms with Crippen molar-refractivity contribution < 1.29 is 14.3 Å². The molecule has 0 aliphatic carbocycles. The molecule has 0 N–H and O–H groups in total. The second-order valence-electron chi connectivity index (χ2n) is 7.99. The molecule has 27 heavy (non-hydrogen) atoms. The van der Waals surface area contributed by atoms with Crippen LogP contribution in [0.1, 0.15) is 50.7 Å². The number of carbonyl (C=O) groups excluding carboxylic acids is 1. The van der Waals surface area contributed by atoms with E-state index in [-0.39, 0.29) is 17.6 Å². The predicted molar refractivity (Wildman–Crippen MR) is 107 cm³/mol. The van der Waals surface area contributed by atoms with E-state index in [0.29, 0.717) is 19.1 Å². The van der Waals surface area contributed by atoms with Crippen molar-refractivity contribution in [1.29, 1.82) is 0 Å². The Labute approximate surface area is 163 Å². The molecule has 2 aliphatic rings. The minimum atomic E-state index is -0.120. The van der Waals surface area contributed by atoms with Crippen molar-refractivity contribution >= 4 is 5.91 Å². The number of hydrogen-bond acceptors (Lipinski definition) is 4. The fourth-order valence-electron chi connectivity index (χ4n) is 4.46. The van der Waals surface area contributed by atoms with Gasteiger partial charge in [-0.25, -0.2) is 0 Å². The van der Waals surface area contributed by atoms with Gasteiger partial charge >= 0.3 is 0 Å². The first kappa shape index (κ1) is 20.3. The van der Waals surface area contributed by atoms with Crippen molar-refractivity contribution in [2.24, 2.45) is 0 Å². The molecule has 0 radical (unpaired) electrons. The second-order valence-corrected chi connectivity index (χ2v) is 7.99. The number of carbonyl (C=O) groups is 1. The number of nitrogens with zero attached hydrogens (tertiary/aromatic N) is 2. The summed E-state index contributed by atoms with van der Waals surface area (Å²) in [4.78, 5) is 16.8. The maximum Gasteiger partial charge on any atom is 0.224 e. The van der Waals surface area contributed by atoms with E-state index in [0.717, 1.165) is 45.3 Å². The topological polar surface area (TPSA) is 42.0 Å². The SMILES string of the molecule is CCN(C)[C@H]1C[C@@H](c2ccccc2)OC2(CCN(C(=O)CCOC)CC2)C1. The highest BCUT2D eigenvalue weighted by Gasteiger charge is 2.45. The van der Waals surface area contributed by atoms with E-state index in [9.17, 15) is 4.79 Å². The minimum absolute atomic E-state index is 0.120. The van der Waals surface area contributed by atoms with Gasteiger partial charge in [0.2, 0.25) is 5.91 Å². The number of ether oxygens (including phenoxy) is 2. The van der Waals surface area contributed by atoms with Crippen LogP contribution in [0.25, 0.3) is 0 Å². The highest BCUT2D eigenvalue weighted by atomic mass is 16.5. The van der Waals surface area contributed by atoms with Gasteiger partial charge in [0.1, 0.15) is 0 Å². The first-order valence-electron chi connectivity index (χ1n) is 10.3. The van der Waals surface area contributed by atoms with E-state index in [4.69, 9.17) is 9.47 Å². The summed E-state index contributed by atoms with van der Waals surface area (Å²) in [5, 5.41) is 0. The third kappa shape index (κ3) is 4.89. The van der Waals surface area contributed by atoms with Crippen molar-refractivity contribution in [1.82, 2.24) is 9.80 Å². The molecule has 2 saturated heterocycles. The highest BCUT2D eigenvalue weighted by molar-refractivity contribution is 5.76. The summed E-state index contributed by atoms with van der Waals surface area (Å²) in [6.45, 7) is 5.33. The molecule has 2 fully saturated rings. The summed E-state index contributed by atoms with van der Waals surface area (Å²) in [5.41, 5.74) is 1.15. The molecule has 0 unspecified atom stereocenters. The van der Waals surface area contributed by atoms with Crippen molar-refractivity contribution in [2.45, 2.75) is 56.8 Å². The van der Waals surface area contributed by atoms with Crippen LogP contribution in [0.2, 0.25) is 0 Å². The van der Waals surface area contributed by atoms with Crippen LogP contribution in [0, 0.1) is 0 Å². The maximum atomic E-state index is 12.3. The fraction of sp³-hybridized carbons (Fsp3) is 0.682. The van der Waals surface area contributed by atoms with E-state index < -0.39 is 0 Å². The van der Waals surface area contributed by atoms with Gasteiger partial charge in [0, 0.05) is 26.2 Å². The molecule has 1 aromatic rings. The second kappa shape index (κ2) is 9.18. The Bertz CT molecular complexity index is 599. The van der Waals surface area contributed by atoms with Crippen LogP contribution in [0.3, 0.4) is 0 Å². The lowest BCUT2D eigenvalue weighted by molar-refractivity contribution is -0.176. The number of methoxy groups -OCH3 is 1. The van der Waals surface area contributed by atoms with Crippen LogP contribution in [0.15, 0.2) is 30.3 Å². The molecule has 1 aromatic carbocycles. The molecule has 2 heterocycles. The van der Waals surface area contributed by atoms with Crippen LogP contribution < -0.4 is 0 Å². The zero-order valence-electron chi connectivity index (χ0n) is 17.0. The van der Waals surface area contributed by atoms with Gasteiger partial charge in [-0.1, -0.05) is 37.3 Å². The lowest BCUT2D eigenvalue weighted by Gasteiger charge is -2.50. The summed E-state index contributed by atoms with van der Waals surface area (Å²) in [6.07, 6.45) is 4.53. The summed E-state index contributed by atoms with van der Waals surface area (Å²) < 4.78 is 11.8. The van der Waals surface area contributed by atoms with E-state index in [1.165, 1.54) is 5.56 Å². The normalized spacial score (nSPS) is 25.1. The van der Waals surface area contributed by atoms with Gasteiger partial charge in [0.15, 0.2) is 0 Å². The van der Waals surface area contributed by atoms with Gasteiger partial charge in [-0.2, -0.15) is 0 Å². The number of hydrogen-bond donors (Lipinski definition) is 0. The Balaban J connectivity index is 1.71. The highest BCUT2D eigenvalue weighted by Crippen LogP contribution is 2.44. The molecule has 0 saturated carbocycles. The average molecular weight is 375 g/mol. The number of benzene rings is 1. The molecule has 5 heteroatoms.